The van der Waals surface area contributed by atoms with Gasteiger partial charge in [-0.25, -0.2) is 14.2 Å². The molecule has 1 aliphatic rings. The van der Waals surface area contributed by atoms with Gasteiger partial charge in [0.25, 0.3) is 5.91 Å². The number of likely N-dealkylation sites (tertiary alicyclic amines) is 1. The molecule has 35 heavy (non-hydrogen) atoms. The van der Waals surface area contributed by atoms with Crippen LogP contribution in [0.1, 0.15) is 47.6 Å². The van der Waals surface area contributed by atoms with Gasteiger partial charge in [-0.1, -0.05) is 11.3 Å². The first-order chi connectivity index (χ1) is 16.3. The molecular weight excluding hydrogens is 492 g/mol. The molecule has 3 rings (SSSR count). The molecule has 13 heteroatoms. The summed E-state index contributed by atoms with van der Waals surface area (Å²) in [4.78, 5) is 42.4. The maximum Gasteiger partial charge on any atom is 0.435 e. The molecule has 0 aliphatic carbocycles. The van der Waals surface area contributed by atoms with Crippen molar-refractivity contribution in [3.63, 3.8) is 0 Å². The number of hydrogen-bond donors (Lipinski definition) is 2. The summed E-state index contributed by atoms with van der Waals surface area (Å²) >= 11 is 0.343. The van der Waals surface area contributed by atoms with Gasteiger partial charge in [0.2, 0.25) is 5.78 Å². The molecule has 8 nitrogen and oxygen atoms in total. The normalized spacial score (nSPS) is 16.3. The maximum absolute atomic E-state index is 13.6. The Hall–Kier alpha value is -3.06. The van der Waals surface area contributed by atoms with Crippen LogP contribution in [0.25, 0.3) is 0 Å². The van der Waals surface area contributed by atoms with Crippen LogP contribution in [0.15, 0.2) is 24.3 Å². The van der Waals surface area contributed by atoms with Gasteiger partial charge in [0.1, 0.15) is 16.2 Å². The summed E-state index contributed by atoms with van der Waals surface area (Å²) in [6.07, 6.45) is -3.45. The summed E-state index contributed by atoms with van der Waals surface area (Å²) in [7, 11) is 1.52. The molecule has 190 valence electrons. The minimum absolute atomic E-state index is 0.146. The predicted molar refractivity (Wildman–Crippen MR) is 120 cm³/mol. The molecule has 0 radical (unpaired) electrons. The zero-order chi connectivity index (χ0) is 26.0. The zero-order valence-electron chi connectivity index (χ0n) is 19.2. The summed E-state index contributed by atoms with van der Waals surface area (Å²) in [5.41, 5.74) is -3.14. The Morgan fingerprint density at radius 1 is 1.20 bits per heavy atom. The van der Waals surface area contributed by atoms with E-state index >= 15 is 0 Å². The van der Waals surface area contributed by atoms with Crippen LogP contribution in [0.4, 0.5) is 27.5 Å². The minimum Gasteiger partial charge on any atom is -0.383 e. The first-order valence-electron chi connectivity index (χ1n) is 10.6. The van der Waals surface area contributed by atoms with Gasteiger partial charge in [0.05, 0.1) is 12.6 Å². The summed E-state index contributed by atoms with van der Waals surface area (Å²) < 4.78 is 58.9. The fourth-order valence-corrected chi connectivity index (χ4v) is 4.51. The average Bonchev–Trinajstić information content (AvgIpc) is 3.41. The Morgan fingerprint density at radius 3 is 2.46 bits per heavy atom. The van der Waals surface area contributed by atoms with E-state index in [0.717, 1.165) is 37.1 Å². The molecule has 0 bridgehead atoms. The summed E-state index contributed by atoms with van der Waals surface area (Å²) in [6, 6.07) is 3.37. The maximum atomic E-state index is 13.6. The quantitative estimate of drug-likeness (QED) is 0.427. The standard InChI is InChI=1S/C22H24F4N4O4S/c1-21(2,29-20(33)30-10-4-5-14(30)11-34-3)18(32)28-19-27-17(22(24,25)26)16(35-19)15(31)12-6-8-13(23)9-7-12/h6-9,14H,4-5,10-11H2,1-3H3,(H,29,33)(H,27,28,32)/t14-/m0/s1. The third-order valence-corrected chi connectivity index (χ3v) is 6.38. The second-order valence-electron chi connectivity index (χ2n) is 8.48. The Balaban J connectivity index is 1.78. The highest BCUT2D eigenvalue weighted by Crippen LogP contribution is 2.37. The monoisotopic (exact) mass is 516 g/mol. The highest BCUT2D eigenvalue weighted by Gasteiger charge is 2.41. The molecule has 1 saturated heterocycles. The van der Waals surface area contributed by atoms with Crippen LogP contribution in [-0.4, -0.2) is 59.4 Å². The molecule has 1 aromatic carbocycles. The number of carbonyl (C=O) groups is 3. The number of ketones is 1. The van der Waals surface area contributed by atoms with Crippen molar-refractivity contribution in [1.82, 2.24) is 15.2 Å². The molecule has 1 atom stereocenters. The van der Waals surface area contributed by atoms with Crippen LogP contribution in [0, 0.1) is 5.82 Å². The molecule has 0 unspecified atom stereocenters. The van der Waals surface area contributed by atoms with Gasteiger partial charge in [0, 0.05) is 19.2 Å². The van der Waals surface area contributed by atoms with Gasteiger partial charge in [-0.05, 0) is 51.0 Å². The van der Waals surface area contributed by atoms with Crippen LogP contribution in [0.3, 0.4) is 0 Å². The second-order valence-corrected chi connectivity index (χ2v) is 9.48. The van der Waals surface area contributed by atoms with Crippen molar-refractivity contribution in [3.8, 4) is 0 Å². The van der Waals surface area contributed by atoms with Crippen molar-refractivity contribution >= 4 is 34.2 Å². The number of benzene rings is 1. The van der Waals surface area contributed by atoms with Crippen molar-refractivity contribution in [3.05, 3.63) is 46.2 Å². The number of aromatic nitrogens is 1. The van der Waals surface area contributed by atoms with E-state index < -0.39 is 51.0 Å². The van der Waals surface area contributed by atoms with Gasteiger partial charge in [-0.3, -0.25) is 14.9 Å². The number of carbonyl (C=O) groups excluding carboxylic acids is 3. The number of nitrogens with one attached hydrogen (secondary N) is 2. The van der Waals surface area contributed by atoms with Crippen LogP contribution in [0.2, 0.25) is 0 Å². The number of nitrogens with zero attached hydrogens (tertiary/aromatic N) is 2. The molecule has 1 aliphatic heterocycles. The van der Waals surface area contributed by atoms with Gasteiger partial charge in [-0.15, -0.1) is 0 Å². The van der Waals surface area contributed by atoms with Crippen LogP contribution < -0.4 is 10.6 Å². The first-order valence-corrected chi connectivity index (χ1v) is 11.4. The molecule has 2 aromatic rings. The number of anilines is 1. The van der Waals surface area contributed by atoms with Gasteiger partial charge in [-0.2, -0.15) is 13.2 Å². The van der Waals surface area contributed by atoms with Gasteiger partial charge >= 0.3 is 12.2 Å². The van der Waals surface area contributed by atoms with Crippen LogP contribution in [-0.2, 0) is 15.7 Å². The van der Waals surface area contributed by atoms with E-state index in [0.29, 0.717) is 24.5 Å². The van der Waals surface area contributed by atoms with Crippen LogP contribution in [0.5, 0.6) is 0 Å². The lowest BCUT2D eigenvalue weighted by molar-refractivity contribution is -0.141. The number of rotatable bonds is 7. The van der Waals surface area contributed by atoms with E-state index in [4.69, 9.17) is 4.74 Å². The van der Waals surface area contributed by atoms with E-state index in [1.807, 2.05) is 0 Å². The first kappa shape index (κ1) is 26.5. The number of urea groups is 1. The molecule has 2 N–H and O–H groups in total. The molecule has 0 saturated carbocycles. The van der Waals surface area contributed by atoms with Crippen molar-refractivity contribution in [2.75, 3.05) is 25.6 Å². The minimum atomic E-state index is -4.97. The van der Waals surface area contributed by atoms with Gasteiger partial charge < -0.3 is 15.0 Å². The highest BCUT2D eigenvalue weighted by molar-refractivity contribution is 7.18. The lowest BCUT2D eigenvalue weighted by Gasteiger charge is -2.30. The van der Waals surface area contributed by atoms with Crippen molar-refractivity contribution in [2.45, 2.75) is 44.4 Å². The van der Waals surface area contributed by atoms with Crippen molar-refractivity contribution in [2.24, 2.45) is 0 Å². The van der Waals surface area contributed by atoms with Gasteiger partial charge in [0.15, 0.2) is 10.8 Å². The number of halogens is 4. The Bertz CT molecular complexity index is 1100. The zero-order valence-corrected chi connectivity index (χ0v) is 20.0. The third kappa shape index (κ3) is 6.14. The topological polar surface area (TPSA) is 101 Å². The van der Waals surface area contributed by atoms with E-state index in [2.05, 4.69) is 15.6 Å². The predicted octanol–water partition coefficient (Wildman–Crippen LogP) is 4.07. The third-order valence-electron chi connectivity index (χ3n) is 5.41. The number of hydrogen-bond acceptors (Lipinski definition) is 6. The summed E-state index contributed by atoms with van der Waals surface area (Å²) in [6.45, 7) is 3.60. The Kier molecular flexibility index (Phi) is 7.80. The summed E-state index contributed by atoms with van der Waals surface area (Å²) in [5, 5.41) is 4.38. The highest BCUT2D eigenvalue weighted by atomic mass is 32.1. The number of thiazole rings is 1. The van der Waals surface area contributed by atoms with E-state index in [1.54, 1.807) is 4.90 Å². The fourth-order valence-electron chi connectivity index (χ4n) is 3.57. The van der Waals surface area contributed by atoms with Crippen molar-refractivity contribution in [1.29, 1.82) is 0 Å². The Labute approximate surface area is 202 Å². The van der Waals surface area contributed by atoms with E-state index in [1.165, 1.54) is 21.0 Å². The smallest absolute Gasteiger partial charge is 0.383 e. The second kappa shape index (κ2) is 10.3. The fraction of sp³-hybridized carbons (Fsp3) is 0.455. The number of amides is 3. The number of methoxy groups -OCH3 is 1. The lowest BCUT2D eigenvalue weighted by Crippen LogP contribution is -2.57. The Morgan fingerprint density at radius 2 is 1.86 bits per heavy atom. The van der Waals surface area contributed by atoms with E-state index in [9.17, 15) is 31.9 Å². The SMILES string of the molecule is COC[C@@H]1CCCN1C(=O)NC(C)(C)C(=O)Nc1nc(C(F)(F)F)c(C(=O)c2ccc(F)cc2)s1. The summed E-state index contributed by atoms with van der Waals surface area (Å²) in [5.74, 6) is -2.49. The van der Waals surface area contributed by atoms with E-state index in [-0.39, 0.29) is 11.6 Å². The molecule has 3 amide bonds. The average molecular weight is 517 g/mol. The molecular formula is C22H24F4N4O4S. The molecule has 1 aromatic heterocycles. The number of ether oxygens (including phenoxy) is 1. The number of alkyl halides is 3. The largest absolute Gasteiger partial charge is 0.435 e. The van der Waals surface area contributed by atoms with Crippen LogP contribution >= 0.6 is 11.3 Å². The van der Waals surface area contributed by atoms with Crippen molar-refractivity contribution < 1.29 is 36.7 Å². The molecule has 2 heterocycles. The molecule has 0 spiro atoms. The molecule has 1 fully saturated rings. The lowest BCUT2D eigenvalue weighted by atomic mass is 10.1.